The third kappa shape index (κ3) is 3.22. The first kappa shape index (κ1) is 15.5. The topological polar surface area (TPSA) is 92.9 Å². The summed E-state index contributed by atoms with van der Waals surface area (Å²) >= 11 is 0. The summed E-state index contributed by atoms with van der Waals surface area (Å²) in [6.45, 7) is 0.758. The van der Waals surface area contributed by atoms with E-state index in [2.05, 4.69) is 0 Å². The summed E-state index contributed by atoms with van der Waals surface area (Å²) in [6, 6.07) is 7.15. The summed E-state index contributed by atoms with van der Waals surface area (Å²) in [6.07, 6.45) is 0.823. The fraction of sp³-hybridized carbons (Fsp3) is 0.467. The zero-order valence-corrected chi connectivity index (χ0v) is 12.0. The lowest BCUT2D eigenvalue weighted by Crippen LogP contribution is -2.57. The number of β-amino-alcohol motifs (C(OH)–C–C–N with tert-alkyl or cyclic N) is 1. The van der Waals surface area contributed by atoms with Crippen LogP contribution in [0.3, 0.4) is 0 Å². The number of rotatable bonds is 4. The van der Waals surface area contributed by atoms with E-state index in [1.54, 1.807) is 19.2 Å². The Hall–Kier alpha value is -1.92. The van der Waals surface area contributed by atoms with Crippen molar-refractivity contribution >= 4 is 11.8 Å². The van der Waals surface area contributed by atoms with Crippen LogP contribution in [0.2, 0.25) is 0 Å². The van der Waals surface area contributed by atoms with Gasteiger partial charge in [-0.15, -0.1) is 0 Å². The molecule has 0 bridgehead atoms. The Morgan fingerprint density at radius 3 is 2.81 bits per heavy atom. The molecule has 0 saturated carbocycles. The predicted molar refractivity (Wildman–Crippen MR) is 76.4 cm³/mol. The molecule has 2 rings (SSSR count). The van der Waals surface area contributed by atoms with Gasteiger partial charge in [0, 0.05) is 19.2 Å². The van der Waals surface area contributed by atoms with E-state index in [0.717, 1.165) is 5.56 Å². The summed E-state index contributed by atoms with van der Waals surface area (Å²) in [7, 11) is 1.56. The van der Waals surface area contributed by atoms with Crippen LogP contribution in [0.1, 0.15) is 28.8 Å². The van der Waals surface area contributed by atoms with E-state index in [-0.39, 0.29) is 18.9 Å². The average Bonchev–Trinajstić information content (AvgIpc) is 2.47. The molecule has 114 valence electrons. The smallest absolute Gasteiger partial charge is 0.254 e. The maximum atomic E-state index is 12.6. The van der Waals surface area contributed by atoms with Crippen molar-refractivity contribution in [1.29, 1.82) is 0 Å². The number of hydrogen-bond acceptors (Lipinski definition) is 4. The first-order chi connectivity index (χ1) is 9.98. The number of hydrogen-bond donors (Lipinski definition) is 2. The van der Waals surface area contributed by atoms with Crippen LogP contribution in [0.25, 0.3) is 0 Å². The van der Waals surface area contributed by atoms with E-state index in [1.807, 2.05) is 12.1 Å². The zero-order valence-electron chi connectivity index (χ0n) is 12.0. The molecule has 0 aliphatic carbocycles. The Morgan fingerprint density at radius 1 is 1.43 bits per heavy atom. The molecule has 3 N–H and O–H groups in total. The lowest BCUT2D eigenvalue weighted by atomic mass is 9.91. The Morgan fingerprint density at radius 2 is 2.14 bits per heavy atom. The third-order valence-corrected chi connectivity index (χ3v) is 3.76. The first-order valence-electron chi connectivity index (χ1n) is 6.86. The summed E-state index contributed by atoms with van der Waals surface area (Å²) in [5, 5.41) is 10.2. The van der Waals surface area contributed by atoms with Crippen LogP contribution in [0.15, 0.2) is 24.3 Å². The number of carbonyl (C=O) groups is 2. The molecule has 1 aromatic rings. The summed E-state index contributed by atoms with van der Waals surface area (Å²) in [5.74, 6) is -1.01. The molecule has 1 atom stereocenters. The number of benzene rings is 1. The fourth-order valence-corrected chi connectivity index (χ4v) is 2.59. The van der Waals surface area contributed by atoms with Crippen molar-refractivity contribution in [3.63, 3.8) is 0 Å². The normalized spacial score (nSPS) is 22.1. The summed E-state index contributed by atoms with van der Waals surface area (Å²) in [5.41, 5.74) is 4.90. The van der Waals surface area contributed by atoms with Crippen LogP contribution in [0.4, 0.5) is 0 Å². The number of nitrogens with two attached hydrogens (primary N) is 1. The number of amides is 2. The standard InChI is InChI=1S/C15H20N2O4/c1-21-9-11-5-2-3-6-12(11)13(18)17-8-4-7-15(20,10-17)14(16)19/h2-3,5-6,20H,4,7-10H2,1H3,(H2,16,19). The molecule has 21 heavy (non-hydrogen) atoms. The van der Waals surface area contributed by atoms with E-state index in [0.29, 0.717) is 25.1 Å². The number of carbonyl (C=O) groups excluding carboxylic acids is 2. The molecular weight excluding hydrogens is 272 g/mol. The van der Waals surface area contributed by atoms with Gasteiger partial charge in [-0.25, -0.2) is 0 Å². The van der Waals surface area contributed by atoms with Gasteiger partial charge in [-0.05, 0) is 24.5 Å². The molecule has 1 heterocycles. The minimum absolute atomic E-state index is 0.0670. The molecule has 6 nitrogen and oxygen atoms in total. The van der Waals surface area contributed by atoms with Crippen molar-refractivity contribution in [3.8, 4) is 0 Å². The molecule has 1 saturated heterocycles. The minimum atomic E-state index is -1.63. The van der Waals surface area contributed by atoms with Gasteiger partial charge in [0.25, 0.3) is 11.8 Å². The van der Waals surface area contributed by atoms with Crippen molar-refractivity contribution in [2.45, 2.75) is 25.0 Å². The van der Waals surface area contributed by atoms with E-state index in [4.69, 9.17) is 10.5 Å². The second-order valence-corrected chi connectivity index (χ2v) is 5.32. The van der Waals surface area contributed by atoms with Gasteiger partial charge < -0.3 is 20.5 Å². The number of piperidine rings is 1. The first-order valence-corrected chi connectivity index (χ1v) is 6.86. The van der Waals surface area contributed by atoms with Crippen LogP contribution in [-0.2, 0) is 16.1 Å². The van der Waals surface area contributed by atoms with Crippen molar-refractivity contribution in [2.75, 3.05) is 20.2 Å². The second-order valence-electron chi connectivity index (χ2n) is 5.32. The van der Waals surface area contributed by atoms with E-state index in [1.165, 1.54) is 4.90 Å². The molecule has 2 amide bonds. The van der Waals surface area contributed by atoms with Gasteiger partial charge in [0.1, 0.15) is 0 Å². The Labute approximate surface area is 123 Å². The highest BCUT2D eigenvalue weighted by molar-refractivity contribution is 5.96. The highest BCUT2D eigenvalue weighted by atomic mass is 16.5. The lowest BCUT2D eigenvalue weighted by molar-refractivity contribution is -0.140. The monoisotopic (exact) mass is 292 g/mol. The van der Waals surface area contributed by atoms with Crippen LogP contribution in [0, 0.1) is 0 Å². The van der Waals surface area contributed by atoms with Gasteiger partial charge >= 0.3 is 0 Å². The van der Waals surface area contributed by atoms with Gasteiger partial charge in [0.15, 0.2) is 5.60 Å². The van der Waals surface area contributed by atoms with Crippen molar-refractivity contribution in [1.82, 2.24) is 4.90 Å². The number of likely N-dealkylation sites (tertiary alicyclic amines) is 1. The van der Waals surface area contributed by atoms with Crippen LogP contribution in [0.5, 0.6) is 0 Å². The van der Waals surface area contributed by atoms with Crippen molar-refractivity contribution in [3.05, 3.63) is 35.4 Å². The molecule has 1 unspecified atom stereocenters. The molecule has 1 aromatic carbocycles. The Kier molecular flexibility index (Phi) is 4.59. The van der Waals surface area contributed by atoms with Gasteiger partial charge in [-0.3, -0.25) is 9.59 Å². The van der Waals surface area contributed by atoms with Crippen LogP contribution < -0.4 is 5.73 Å². The molecule has 0 spiro atoms. The van der Waals surface area contributed by atoms with Gasteiger partial charge in [0.2, 0.25) is 0 Å². The maximum absolute atomic E-state index is 12.6. The Balaban J connectivity index is 2.22. The van der Waals surface area contributed by atoms with Crippen molar-refractivity contribution < 1.29 is 19.4 Å². The number of primary amides is 1. The lowest BCUT2D eigenvalue weighted by Gasteiger charge is -2.37. The Bertz CT molecular complexity index is 546. The van der Waals surface area contributed by atoms with Crippen LogP contribution >= 0.6 is 0 Å². The van der Waals surface area contributed by atoms with Gasteiger partial charge in [-0.1, -0.05) is 18.2 Å². The number of methoxy groups -OCH3 is 1. The molecule has 1 fully saturated rings. The maximum Gasteiger partial charge on any atom is 0.254 e. The number of nitrogens with zero attached hydrogens (tertiary/aromatic N) is 1. The summed E-state index contributed by atoms with van der Waals surface area (Å²) in [4.78, 5) is 25.5. The van der Waals surface area contributed by atoms with Crippen molar-refractivity contribution in [2.24, 2.45) is 5.73 Å². The number of aliphatic hydroxyl groups is 1. The second kappa shape index (κ2) is 6.24. The van der Waals surface area contributed by atoms with E-state index >= 15 is 0 Å². The molecule has 1 aliphatic rings. The SMILES string of the molecule is COCc1ccccc1C(=O)N1CCCC(O)(C(N)=O)C1. The molecular formula is C15H20N2O4. The molecule has 1 aliphatic heterocycles. The minimum Gasteiger partial charge on any atom is -0.380 e. The molecule has 0 radical (unpaired) electrons. The zero-order chi connectivity index (χ0) is 15.5. The van der Waals surface area contributed by atoms with Gasteiger partial charge in [0.05, 0.1) is 13.2 Å². The summed E-state index contributed by atoms with van der Waals surface area (Å²) < 4.78 is 5.09. The average molecular weight is 292 g/mol. The predicted octanol–water partition coefficient (Wildman–Crippen LogP) is 0.285. The molecule has 0 aromatic heterocycles. The van der Waals surface area contributed by atoms with E-state index < -0.39 is 11.5 Å². The highest BCUT2D eigenvalue weighted by Gasteiger charge is 2.40. The van der Waals surface area contributed by atoms with E-state index in [9.17, 15) is 14.7 Å². The quantitative estimate of drug-likeness (QED) is 0.834. The van der Waals surface area contributed by atoms with Crippen LogP contribution in [-0.4, -0.2) is 47.6 Å². The highest BCUT2D eigenvalue weighted by Crippen LogP contribution is 2.23. The third-order valence-electron chi connectivity index (χ3n) is 3.76. The fourth-order valence-electron chi connectivity index (χ4n) is 2.59. The number of ether oxygens (including phenoxy) is 1. The largest absolute Gasteiger partial charge is 0.380 e. The van der Waals surface area contributed by atoms with Gasteiger partial charge in [-0.2, -0.15) is 0 Å². The molecule has 6 heteroatoms.